The van der Waals surface area contributed by atoms with Crippen molar-refractivity contribution in [3.8, 4) is 11.4 Å². The van der Waals surface area contributed by atoms with Crippen molar-refractivity contribution in [2.75, 3.05) is 0 Å². The number of nitrogens with zero attached hydrogens (tertiary/aromatic N) is 6. The van der Waals surface area contributed by atoms with Crippen LogP contribution in [0, 0.1) is 0 Å². The Hall–Kier alpha value is -3.99. The quantitative estimate of drug-likeness (QED) is 0.382. The molecule has 2 N–H and O–H groups in total. The molecule has 10 nitrogen and oxygen atoms in total. The highest BCUT2D eigenvalue weighted by atomic mass is 32.1. The predicted molar refractivity (Wildman–Crippen MR) is 141 cm³/mol. The maximum Gasteiger partial charge on any atom is 0.270 e. The van der Waals surface area contributed by atoms with Gasteiger partial charge in [0, 0.05) is 23.1 Å². The molecule has 1 aliphatic carbocycles. The number of amides is 2. The predicted octanol–water partition coefficient (Wildman–Crippen LogP) is 3.66. The molecule has 0 saturated carbocycles. The summed E-state index contributed by atoms with van der Waals surface area (Å²) in [5, 5.41) is 20.1. The summed E-state index contributed by atoms with van der Waals surface area (Å²) in [6.45, 7) is 6.51. The maximum atomic E-state index is 12.9. The van der Waals surface area contributed by atoms with Gasteiger partial charge < -0.3 is 10.6 Å². The monoisotopic (exact) mass is 518 g/mol. The molecule has 1 aromatic carbocycles. The maximum absolute atomic E-state index is 12.9. The van der Waals surface area contributed by atoms with Crippen molar-refractivity contribution in [2.24, 2.45) is 7.05 Å². The number of tetrazole rings is 1. The molecule has 1 atom stereocenters. The molecule has 2 amide bonds. The van der Waals surface area contributed by atoms with Gasteiger partial charge in [0.1, 0.15) is 17.7 Å². The van der Waals surface area contributed by atoms with Crippen molar-refractivity contribution >= 4 is 23.2 Å². The molecule has 3 heterocycles. The molecular weight excluding hydrogens is 488 g/mol. The van der Waals surface area contributed by atoms with Gasteiger partial charge in [-0.15, -0.1) is 21.5 Å². The van der Waals surface area contributed by atoms with Crippen LogP contribution in [-0.4, -0.2) is 42.0 Å². The Labute approximate surface area is 219 Å². The van der Waals surface area contributed by atoms with E-state index < -0.39 is 0 Å². The Morgan fingerprint density at radius 2 is 1.89 bits per heavy atom. The van der Waals surface area contributed by atoms with Crippen molar-refractivity contribution in [1.82, 2.24) is 40.8 Å². The molecule has 3 aromatic heterocycles. The van der Waals surface area contributed by atoms with Gasteiger partial charge in [-0.3, -0.25) is 9.59 Å². The molecule has 0 fully saturated rings. The third kappa shape index (κ3) is 6.05. The third-order valence-corrected chi connectivity index (χ3v) is 7.06. The molecule has 0 bridgehead atoms. The number of hydrogen-bond acceptors (Lipinski definition) is 8. The van der Waals surface area contributed by atoms with Crippen LogP contribution in [0.1, 0.15) is 75.8 Å². The minimum absolute atomic E-state index is 0.139. The van der Waals surface area contributed by atoms with Gasteiger partial charge in [0.15, 0.2) is 0 Å². The lowest BCUT2D eigenvalue weighted by atomic mass is 10.0. The Bertz CT molecular complexity index is 1400. The molecule has 5 rings (SSSR count). The normalized spacial score (nSPS) is 13.9. The number of thiophene rings is 1. The van der Waals surface area contributed by atoms with E-state index in [2.05, 4.69) is 49.0 Å². The average Bonchev–Trinajstić information content (AvgIpc) is 3.68. The number of carbonyl (C=O) groups excluding carboxylic acids is 2. The van der Waals surface area contributed by atoms with Crippen LogP contribution < -0.4 is 10.6 Å². The Morgan fingerprint density at radius 1 is 1.11 bits per heavy atom. The lowest BCUT2D eigenvalue weighted by molar-refractivity contribution is 0.0931. The second-order valence-corrected chi connectivity index (χ2v) is 9.32. The molecule has 0 spiro atoms. The van der Waals surface area contributed by atoms with Gasteiger partial charge in [0.2, 0.25) is 5.82 Å². The topological polar surface area (TPSA) is 128 Å². The van der Waals surface area contributed by atoms with Crippen LogP contribution in [0.5, 0.6) is 0 Å². The first kappa shape index (κ1) is 26.1. The highest BCUT2D eigenvalue weighted by Crippen LogP contribution is 2.33. The van der Waals surface area contributed by atoms with Crippen molar-refractivity contribution < 1.29 is 9.59 Å². The fourth-order valence-electron chi connectivity index (χ4n) is 4.12. The van der Waals surface area contributed by atoms with E-state index in [9.17, 15) is 9.59 Å². The van der Waals surface area contributed by atoms with Crippen LogP contribution in [0.3, 0.4) is 0 Å². The minimum atomic E-state index is -0.345. The molecule has 37 heavy (non-hydrogen) atoms. The van der Waals surface area contributed by atoms with Gasteiger partial charge >= 0.3 is 0 Å². The van der Waals surface area contributed by atoms with Crippen LogP contribution in [0.15, 0.2) is 42.0 Å². The first-order valence-corrected chi connectivity index (χ1v) is 13.2. The largest absolute Gasteiger partial charge is 0.347 e. The number of aryl methyl sites for hydroxylation is 3. The summed E-state index contributed by atoms with van der Waals surface area (Å²) >= 11 is 1.67. The van der Waals surface area contributed by atoms with Gasteiger partial charge in [0.05, 0.1) is 13.1 Å². The van der Waals surface area contributed by atoms with Gasteiger partial charge in [-0.05, 0) is 58.7 Å². The smallest absolute Gasteiger partial charge is 0.270 e. The molecule has 11 heteroatoms. The molecular formula is C26H30N8O2S. The lowest BCUT2D eigenvalue weighted by Crippen LogP contribution is -2.29. The summed E-state index contributed by atoms with van der Waals surface area (Å²) in [6.07, 6.45) is 3.81. The van der Waals surface area contributed by atoms with E-state index in [4.69, 9.17) is 0 Å². The molecule has 4 aromatic rings. The summed E-state index contributed by atoms with van der Waals surface area (Å²) in [4.78, 5) is 36.3. The molecule has 1 unspecified atom stereocenters. The van der Waals surface area contributed by atoms with E-state index in [1.807, 2.05) is 37.4 Å². The van der Waals surface area contributed by atoms with E-state index in [1.54, 1.807) is 18.4 Å². The number of hydrogen-bond donors (Lipinski definition) is 2. The van der Waals surface area contributed by atoms with Crippen LogP contribution in [0.25, 0.3) is 11.4 Å². The van der Waals surface area contributed by atoms with Crippen LogP contribution in [0.2, 0.25) is 0 Å². The second-order valence-electron chi connectivity index (χ2n) is 8.33. The fraction of sp³-hybridized carbons (Fsp3) is 0.346. The van der Waals surface area contributed by atoms with Crippen molar-refractivity contribution in [2.45, 2.75) is 52.6 Å². The zero-order chi connectivity index (χ0) is 26.4. The molecule has 0 aliphatic heterocycles. The van der Waals surface area contributed by atoms with Crippen LogP contribution >= 0.6 is 11.3 Å². The third-order valence-electron chi connectivity index (χ3n) is 5.93. The number of carbonyl (C=O) groups is 2. The van der Waals surface area contributed by atoms with Crippen molar-refractivity contribution in [1.29, 1.82) is 0 Å². The highest BCUT2D eigenvalue weighted by Gasteiger charge is 2.26. The Balaban J connectivity index is 0.00000156. The number of rotatable bonds is 7. The van der Waals surface area contributed by atoms with E-state index in [-0.39, 0.29) is 29.2 Å². The molecule has 1 aliphatic rings. The van der Waals surface area contributed by atoms with E-state index in [0.717, 1.165) is 41.5 Å². The molecule has 0 radical (unpaired) electrons. The highest BCUT2D eigenvalue weighted by molar-refractivity contribution is 7.10. The lowest BCUT2D eigenvalue weighted by Gasteiger charge is -2.14. The van der Waals surface area contributed by atoms with Crippen LogP contribution in [-0.2, 0) is 26.4 Å². The summed E-state index contributed by atoms with van der Waals surface area (Å²) in [7, 11) is 1.73. The van der Waals surface area contributed by atoms with Crippen molar-refractivity contribution in [3.63, 3.8) is 0 Å². The summed E-state index contributed by atoms with van der Waals surface area (Å²) in [5.41, 5.74) is 4.45. The average molecular weight is 519 g/mol. The van der Waals surface area contributed by atoms with E-state index in [0.29, 0.717) is 12.4 Å². The number of aromatic nitrogens is 6. The minimum Gasteiger partial charge on any atom is -0.347 e. The Morgan fingerprint density at radius 3 is 2.59 bits per heavy atom. The van der Waals surface area contributed by atoms with Gasteiger partial charge in [0.25, 0.3) is 11.8 Å². The first-order valence-electron chi connectivity index (χ1n) is 12.3. The SMILES string of the molecule is CC.CCc1cc(CNC(=O)c2cc(C(=O)NC3CCc4cc(-c5nnn(C)n5)ccc43)ncn2)cs1. The fourth-order valence-corrected chi connectivity index (χ4v) is 4.96. The summed E-state index contributed by atoms with van der Waals surface area (Å²) < 4.78 is 0. The summed E-state index contributed by atoms with van der Waals surface area (Å²) in [6, 6.07) is 9.34. The van der Waals surface area contributed by atoms with Crippen molar-refractivity contribution in [3.05, 3.63) is 75.0 Å². The van der Waals surface area contributed by atoms with Crippen LogP contribution in [0.4, 0.5) is 0 Å². The number of fused-ring (bicyclic) bond motifs is 1. The second kappa shape index (κ2) is 11.8. The Kier molecular flexibility index (Phi) is 8.34. The van der Waals surface area contributed by atoms with Gasteiger partial charge in [-0.1, -0.05) is 32.9 Å². The molecule has 192 valence electrons. The molecule has 0 saturated heterocycles. The zero-order valence-corrected chi connectivity index (χ0v) is 22.2. The first-order chi connectivity index (χ1) is 18.0. The van der Waals surface area contributed by atoms with E-state index >= 15 is 0 Å². The standard InChI is InChI=1S/C24H24N8O2S.C2H6/c1-3-17-8-14(12-35-17)11-25-23(33)20-10-21(27-13-26-20)24(34)28-19-7-5-15-9-16(4-6-18(15)19)22-29-31-32(2)30-22;1-2/h4,6,8-10,12-13,19H,3,5,7,11H2,1-2H3,(H,25,33)(H,28,34);1-2H3. The zero-order valence-electron chi connectivity index (χ0n) is 21.4. The van der Waals surface area contributed by atoms with Gasteiger partial charge in [-0.25, -0.2) is 9.97 Å². The van der Waals surface area contributed by atoms with Gasteiger partial charge in [-0.2, -0.15) is 4.80 Å². The van der Waals surface area contributed by atoms with E-state index in [1.165, 1.54) is 22.1 Å². The summed E-state index contributed by atoms with van der Waals surface area (Å²) in [5.74, 6) is -0.120. The number of benzene rings is 1. The number of nitrogens with one attached hydrogen (secondary N) is 2.